The fourth-order valence-corrected chi connectivity index (χ4v) is 3.12. The van der Waals surface area contributed by atoms with Crippen LogP contribution in [0.5, 0.6) is 0 Å². The van der Waals surface area contributed by atoms with Gasteiger partial charge in [-0.05, 0) is 59.4 Å². The Labute approximate surface area is 137 Å². The van der Waals surface area contributed by atoms with Crippen LogP contribution in [0.15, 0.2) is 70.7 Å². The van der Waals surface area contributed by atoms with Crippen LogP contribution in [0.2, 0.25) is 0 Å². The fourth-order valence-electron chi connectivity index (χ4n) is 2.30. The molecule has 2 heteroatoms. The molecule has 2 aromatic rings. The first kappa shape index (κ1) is 15.3. The molecular weight excluding hydrogens is 376 g/mol. The van der Waals surface area contributed by atoms with Gasteiger partial charge < -0.3 is 0 Å². The topological polar surface area (TPSA) is 0 Å². The first-order chi connectivity index (χ1) is 9.65. The molecule has 0 aromatic heterocycles. The van der Waals surface area contributed by atoms with Crippen molar-refractivity contribution in [2.24, 2.45) is 0 Å². The van der Waals surface area contributed by atoms with Crippen molar-refractivity contribution in [2.45, 2.75) is 12.8 Å². The number of hydrogen-bond donors (Lipinski definition) is 0. The maximum atomic E-state index is 3.85. The van der Waals surface area contributed by atoms with Gasteiger partial charge in [0.15, 0.2) is 0 Å². The Morgan fingerprint density at radius 3 is 1.50 bits per heavy atom. The van der Waals surface area contributed by atoms with Crippen LogP contribution in [-0.2, 0) is 12.8 Å². The van der Waals surface area contributed by atoms with Gasteiger partial charge in [0.25, 0.3) is 0 Å². The van der Waals surface area contributed by atoms with Crippen molar-refractivity contribution >= 4 is 31.9 Å². The highest BCUT2D eigenvalue weighted by Crippen LogP contribution is 2.32. The summed E-state index contributed by atoms with van der Waals surface area (Å²) in [6.45, 7) is 7.71. The molecule has 0 fully saturated rings. The van der Waals surface area contributed by atoms with Gasteiger partial charge in [0.1, 0.15) is 0 Å². The van der Waals surface area contributed by atoms with Gasteiger partial charge >= 0.3 is 0 Å². The number of rotatable bonds is 5. The molecule has 0 saturated heterocycles. The number of allylic oxidation sites excluding steroid dienone is 2. The van der Waals surface area contributed by atoms with E-state index in [1.807, 2.05) is 12.2 Å². The average Bonchev–Trinajstić information content (AvgIpc) is 2.41. The van der Waals surface area contributed by atoms with E-state index in [-0.39, 0.29) is 0 Å². The van der Waals surface area contributed by atoms with Crippen molar-refractivity contribution in [3.63, 3.8) is 0 Å². The molecule has 0 amide bonds. The monoisotopic (exact) mass is 390 g/mol. The highest BCUT2D eigenvalue weighted by atomic mass is 79.9. The molecule has 0 N–H and O–H groups in total. The highest BCUT2D eigenvalue weighted by molar-refractivity contribution is 9.10. The molecule has 0 atom stereocenters. The summed E-state index contributed by atoms with van der Waals surface area (Å²) in [5, 5.41) is 0. The molecule has 2 aromatic carbocycles. The first-order valence-corrected chi connectivity index (χ1v) is 8.03. The van der Waals surface area contributed by atoms with E-state index in [4.69, 9.17) is 0 Å². The number of benzene rings is 2. The van der Waals surface area contributed by atoms with Crippen LogP contribution in [0.25, 0.3) is 11.1 Å². The molecule has 0 spiro atoms. The molecule has 0 unspecified atom stereocenters. The number of hydrogen-bond acceptors (Lipinski definition) is 0. The van der Waals surface area contributed by atoms with Gasteiger partial charge in [-0.3, -0.25) is 0 Å². The van der Waals surface area contributed by atoms with Crippen LogP contribution in [0, 0.1) is 0 Å². The van der Waals surface area contributed by atoms with Gasteiger partial charge in [-0.1, -0.05) is 56.1 Å². The maximum Gasteiger partial charge on any atom is 0.0178 e. The van der Waals surface area contributed by atoms with Crippen LogP contribution < -0.4 is 0 Å². The predicted octanol–water partition coefficient (Wildman–Crippen LogP) is 6.34. The van der Waals surface area contributed by atoms with Crippen molar-refractivity contribution in [1.29, 1.82) is 0 Å². The summed E-state index contributed by atoms with van der Waals surface area (Å²) in [6, 6.07) is 12.8. The van der Waals surface area contributed by atoms with Crippen LogP contribution in [0.3, 0.4) is 0 Å². The quantitative estimate of drug-likeness (QED) is 0.522. The van der Waals surface area contributed by atoms with E-state index in [9.17, 15) is 0 Å². The molecule has 0 saturated carbocycles. The second-order valence-electron chi connectivity index (χ2n) is 4.59. The van der Waals surface area contributed by atoms with Gasteiger partial charge in [0.05, 0.1) is 0 Å². The Bertz CT molecular complexity index is 584. The predicted molar refractivity (Wildman–Crippen MR) is 95.1 cm³/mol. The largest absolute Gasteiger partial charge is 0.103 e. The van der Waals surface area contributed by atoms with Crippen molar-refractivity contribution < 1.29 is 0 Å². The summed E-state index contributed by atoms with van der Waals surface area (Å²) in [7, 11) is 0. The third-order valence-corrected chi connectivity index (χ3v) is 4.14. The molecule has 2 rings (SSSR count). The minimum absolute atomic E-state index is 0.859. The lowest BCUT2D eigenvalue weighted by molar-refractivity contribution is 1.23. The maximum absolute atomic E-state index is 3.85. The molecule has 0 aliphatic heterocycles. The minimum atomic E-state index is 0.859. The standard InChI is InChI=1S/C18H16Br2/c1-3-5-13-11-15(19)7-9-17(13)18-10-8-16(20)12-14(18)6-4-2/h3-4,7-12H,1-2,5-6H2. The van der Waals surface area contributed by atoms with Crippen LogP contribution in [-0.4, -0.2) is 0 Å². The number of halogens is 2. The second kappa shape index (κ2) is 7.05. The molecular formula is C18H16Br2. The molecule has 0 nitrogen and oxygen atoms in total. The van der Waals surface area contributed by atoms with Gasteiger partial charge in [0, 0.05) is 8.95 Å². The zero-order valence-electron chi connectivity index (χ0n) is 11.2. The van der Waals surface area contributed by atoms with Gasteiger partial charge in [-0.15, -0.1) is 13.2 Å². The van der Waals surface area contributed by atoms with Gasteiger partial charge in [0.2, 0.25) is 0 Å². The third kappa shape index (κ3) is 3.50. The summed E-state index contributed by atoms with van der Waals surface area (Å²) in [6.07, 6.45) is 5.60. The summed E-state index contributed by atoms with van der Waals surface area (Å²) >= 11 is 7.08. The lowest BCUT2D eigenvalue weighted by atomic mass is 9.93. The van der Waals surface area contributed by atoms with Crippen molar-refractivity contribution in [1.82, 2.24) is 0 Å². The molecule has 0 heterocycles. The third-order valence-electron chi connectivity index (χ3n) is 3.15. The van der Waals surface area contributed by atoms with E-state index in [2.05, 4.69) is 81.4 Å². The Hall–Kier alpha value is -1.12. The summed E-state index contributed by atoms with van der Waals surface area (Å²) in [5.74, 6) is 0. The van der Waals surface area contributed by atoms with E-state index >= 15 is 0 Å². The lowest BCUT2D eigenvalue weighted by Gasteiger charge is -2.13. The Morgan fingerprint density at radius 1 is 0.750 bits per heavy atom. The van der Waals surface area contributed by atoms with E-state index in [0.717, 1.165) is 21.8 Å². The smallest absolute Gasteiger partial charge is 0.0178 e. The lowest BCUT2D eigenvalue weighted by Crippen LogP contribution is -1.93. The summed E-state index contributed by atoms with van der Waals surface area (Å²) in [4.78, 5) is 0. The van der Waals surface area contributed by atoms with Crippen molar-refractivity contribution in [3.8, 4) is 11.1 Å². The van der Waals surface area contributed by atoms with Gasteiger partial charge in [-0.2, -0.15) is 0 Å². The molecule has 0 radical (unpaired) electrons. The molecule has 102 valence electrons. The van der Waals surface area contributed by atoms with Crippen LogP contribution in [0.1, 0.15) is 11.1 Å². The van der Waals surface area contributed by atoms with E-state index in [1.54, 1.807) is 0 Å². The van der Waals surface area contributed by atoms with Crippen LogP contribution in [0.4, 0.5) is 0 Å². The zero-order valence-corrected chi connectivity index (χ0v) is 14.4. The van der Waals surface area contributed by atoms with E-state index in [1.165, 1.54) is 22.3 Å². The Kier molecular flexibility index (Phi) is 5.38. The summed E-state index contributed by atoms with van der Waals surface area (Å²) in [5.41, 5.74) is 5.08. The van der Waals surface area contributed by atoms with Crippen molar-refractivity contribution in [2.75, 3.05) is 0 Å². The first-order valence-electron chi connectivity index (χ1n) is 6.44. The van der Waals surface area contributed by atoms with E-state index in [0.29, 0.717) is 0 Å². The highest BCUT2D eigenvalue weighted by Gasteiger charge is 2.09. The molecule has 0 aliphatic rings. The van der Waals surface area contributed by atoms with Crippen LogP contribution >= 0.6 is 31.9 Å². The fraction of sp³-hybridized carbons (Fsp3) is 0.111. The Morgan fingerprint density at radius 2 is 1.15 bits per heavy atom. The molecule has 20 heavy (non-hydrogen) atoms. The molecule has 0 bridgehead atoms. The van der Waals surface area contributed by atoms with Gasteiger partial charge in [-0.25, -0.2) is 0 Å². The van der Waals surface area contributed by atoms with Crippen molar-refractivity contribution in [3.05, 3.63) is 81.8 Å². The van der Waals surface area contributed by atoms with E-state index < -0.39 is 0 Å². The average molecular weight is 392 g/mol. The SMILES string of the molecule is C=CCc1cc(Br)ccc1-c1ccc(Br)cc1CC=C. The normalized spacial score (nSPS) is 10.3. The second-order valence-corrected chi connectivity index (χ2v) is 6.42. The molecule has 0 aliphatic carbocycles. The Balaban J connectivity index is 2.60. The zero-order chi connectivity index (χ0) is 14.5. The minimum Gasteiger partial charge on any atom is -0.103 e. The summed E-state index contributed by atoms with van der Waals surface area (Å²) < 4.78 is 2.20.